The van der Waals surface area contributed by atoms with Crippen LogP contribution in [0.1, 0.15) is 16.7 Å². The Morgan fingerprint density at radius 3 is 2.28 bits per heavy atom. The molecular formula is C15H15F2N. The van der Waals surface area contributed by atoms with Gasteiger partial charge >= 0.3 is 0 Å². The monoisotopic (exact) mass is 247 g/mol. The largest absolute Gasteiger partial charge is 0.380 e. The third-order valence-electron chi connectivity index (χ3n) is 2.95. The maximum atomic E-state index is 13.5. The van der Waals surface area contributed by atoms with E-state index in [1.165, 1.54) is 12.1 Å². The van der Waals surface area contributed by atoms with Gasteiger partial charge in [-0.15, -0.1) is 0 Å². The van der Waals surface area contributed by atoms with Crippen LogP contribution in [0, 0.1) is 25.5 Å². The third-order valence-corrected chi connectivity index (χ3v) is 2.95. The van der Waals surface area contributed by atoms with Crippen molar-refractivity contribution >= 4 is 5.69 Å². The average Bonchev–Trinajstić information content (AvgIpc) is 2.31. The molecule has 2 aromatic carbocycles. The Morgan fingerprint density at radius 2 is 1.67 bits per heavy atom. The van der Waals surface area contributed by atoms with Crippen molar-refractivity contribution in [2.45, 2.75) is 20.4 Å². The van der Waals surface area contributed by atoms with Crippen molar-refractivity contribution in [3.05, 3.63) is 64.7 Å². The van der Waals surface area contributed by atoms with Crippen LogP contribution in [-0.4, -0.2) is 0 Å². The summed E-state index contributed by atoms with van der Waals surface area (Å²) in [7, 11) is 0. The minimum absolute atomic E-state index is 0.345. The Kier molecular flexibility index (Phi) is 3.60. The molecule has 3 heteroatoms. The lowest BCUT2D eigenvalue weighted by atomic mass is 10.1. The average molecular weight is 247 g/mol. The quantitative estimate of drug-likeness (QED) is 0.857. The summed E-state index contributed by atoms with van der Waals surface area (Å²) in [6.07, 6.45) is 0. The summed E-state index contributed by atoms with van der Waals surface area (Å²) in [5.74, 6) is -1.07. The topological polar surface area (TPSA) is 12.0 Å². The van der Waals surface area contributed by atoms with E-state index in [9.17, 15) is 8.78 Å². The molecule has 0 aromatic heterocycles. The highest BCUT2D eigenvalue weighted by atomic mass is 19.1. The van der Waals surface area contributed by atoms with Gasteiger partial charge in [0, 0.05) is 23.9 Å². The summed E-state index contributed by atoms with van der Waals surface area (Å²) >= 11 is 0. The van der Waals surface area contributed by atoms with Gasteiger partial charge in [0.05, 0.1) is 0 Å². The van der Waals surface area contributed by atoms with Crippen LogP contribution in [-0.2, 0) is 6.54 Å². The second-order valence-corrected chi connectivity index (χ2v) is 4.36. The highest BCUT2D eigenvalue weighted by Gasteiger charge is 2.05. The predicted octanol–water partition coefficient (Wildman–Crippen LogP) is 4.19. The Bertz CT molecular complexity index is 544. The molecule has 0 saturated carbocycles. The van der Waals surface area contributed by atoms with Crippen molar-refractivity contribution in [3.63, 3.8) is 0 Å². The number of anilines is 1. The molecule has 0 amide bonds. The van der Waals surface area contributed by atoms with E-state index in [0.717, 1.165) is 22.9 Å². The highest BCUT2D eigenvalue weighted by Crippen LogP contribution is 2.21. The highest BCUT2D eigenvalue weighted by molar-refractivity contribution is 5.56. The van der Waals surface area contributed by atoms with Crippen LogP contribution in [0.15, 0.2) is 36.4 Å². The zero-order valence-electron chi connectivity index (χ0n) is 10.4. The fourth-order valence-electron chi connectivity index (χ4n) is 1.94. The van der Waals surface area contributed by atoms with Crippen LogP contribution in [0.2, 0.25) is 0 Å². The fourth-order valence-corrected chi connectivity index (χ4v) is 1.94. The van der Waals surface area contributed by atoms with E-state index in [0.29, 0.717) is 12.1 Å². The number of rotatable bonds is 3. The van der Waals surface area contributed by atoms with E-state index in [2.05, 4.69) is 5.32 Å². The fraction of sp³-hybridized carbons (Fsp3) is 0.200. The van der Waals surface area contributed by atoms with Crippen LogP contribution in [0.3, 0.4) is 0 Å². The molecule has 0 bridgehead atoms. The van der Waals surface area contributed by atoms with Gasteiger partial charge in [-0.05, 0) is 31.0 Å². The standard InChI is InChI=1S/C15H15F2N/c1-10-4-3-5-11(2)15(10)18-9-12-6-7-13(16)8-14(12)17/h3-8,18H,9H2,1-2H3. The molecule has 1 N–H and O–H groups in total. The lowest BCUT2D eigenvalue weighted by Crippen LogP contribution is -2.04. The first-order chi connectivity index (χ1) is 8.58. The molecule has 0 aliphatic rings. The summed E-state index contributed by atoms with van der Waals surface area (Å²) in [6, 6.07) is 9.61. The van der Waals surface area contributed by atoms with Crippen molar-refractivity contribution < 1.29 is 8.78 Å². The lowest BCUT2D eigenvalue weighted by Gasteiger charge is -2.13. The molecule has 2 aromatic rings. The van der Waals surface area contributed by atoms with Gasteiger partial charge in [-0.25, -0.2) is 8.78 Å². The molecule has 0 aliphatic heterocycles. The molecule has 0 spiro atoms. The minimum Gasteiger partial charge on any atom is -0.380 e. The molecule has 0 radical (unpaired) electrons. The predicted molar refractivity (Wildman–Crippen MR) is 69.6 cm³/mol. The Hall–Kier alpha value is -1.90. The Morgan fingerprint density at radius 1 is 1.00 bits per heavy atom. The number of nitrogens with one attached hydrogen (secondary N) is 1. The summed E-state index contributed by atoms with van der Waals surface area (Å²) in [5, 5.41) is 3.20. The van der Waals surface area contributed by atoms with Crippen LogP contribution in [0.4, 0.5) is 14.5 Å². The first-order valence-corrected chi connectivity index (χ1v) is 5.82. The van der Waals surface area contributed by atoms with Gasteiger partial charge in [-0.2, -0.15) is 0 Å². The second kappa shape index (κ2) is 5.17. The smallest absolute Gasteiger partial charge is 0.131 e. The molecule has 0 unspecified atom stereocenters. The van der Waals surface area contributed by atoms with Crippen molar-refractivity contribution in [3.8, 4) is 0 Å². The van der Waals surface area contributed by atoms with E-state index in [4.69, 9.17) is 0 Å². The van der Waals surface area contributed by atoms with Gasteiger partial charge in [0.1, 0.15) is 11.6 Å². The van der Waals surface area contributed by atoms with Crippen LogP contribution >= 0.6 is 0 Å². The normalized spacial score (nSPS) is 10.4. The Balaban J connectivity index is 2.16. The Labute approximate surface area is 105 Å². The third kappa shape index (κ3) is 2.67. The number of hydrogen-bond acceptors (Lipinski definition) is 1. The molecule has 0 saturated heterocycles. The van der Waals surface area contributed by atoms with E-state index in [1.807, 2.05) is 32.0 Å². The lowest BCUT2D eigenvalue weighted by molar-refractivity contribution is 0.574. The summed E-state index contributed by atoms with van der Waals surface area (Å²) in [6.45, 7) is 4.34. The number of aryl methyl sites for hydroxylation is 2. The van der Waals surface area contributed by atoms with Gasteiger partial charge in [-0.3, -0.25) is 0 Å². The maximum Gasteiger partial charge on any atom is 0.131 e. The van der Waals surface area contributed by atoms with Gasteiger partial charge in [0.2, 0.25) is 0 Å². The molecule has 1 nitrogen and oxygen atoms in total. The van der Waals surface area contributed by atoms with Gasteiger partial charge in [0.15, 0.2) is 0 Å². The SMILES string of the molecule is Cc1cccc(C)c1NCc1ccc(F)cc1F. The maximum absolute atomic E-state index is 13.5. The van der Waals surface area contributed by atoms with Crippen LogP contribution in [0.25, 0.3) is 0 Å². The van der Waals surface area contributed by atoms with Crippen molar-refractivity contribution in [1.82, 2.24) is 0 Å². The van der Waals surface area contributed by atoms with Crippen LogP contribution < -0.4 is 5.32 Å². The molecular weight excluding hydrogens is 232 g/mol. The number of para-hydroxylation sites is 1. The van der Waals surface area contributed by atoms with Gasteiger partial charge in [0.25, 0.3) is 0 Å². The van der Waals surface area contributed by atoms with E-state index in [1.54, 1.807) is 0 Å². The van der Waals surface area contributed by atoms with Crippen molar-refractivity contribution in [1.29, 1.82) is 0 Å². The molecule has 2 rings (SSSR count). The van der Waals surface area contributed by atoms with Crippen molar-refractivity contribution in [2.75, 3.05) is 5.32 Å². The van der Waals surface area contributed by atoms with Crippen molar-refractivity contribution in [2.24, 2.45) is 0 Å². The zero-order valence-corrected chi connectivity index (χ0v) is 10.4. The van der Waals surface area contributed by atoms with E-state index < -0.39 is 11.6 Å². The first-order valence-electron chi connectivity index (χ1n) is 5.82. The van der Waals surface area contributed by atoms with E-state index in [-0.39, 0.29) is 0 Å². The number of halogens is 2. The molecule has 94 valence electrons. The number of hydrogen-bond donors (Lipinski definition) is 1. The molecule has 0 heterocycles. The molecule has 0 fully saturated rings. The van der Waals surface area contributed by atoms with E-state index >= 15 is 0 Å². The summed E-state index contributed by atoms with van der Waals surface area (Å²) < 4.78 is 26.3. The minimum atomic E-state index is -0.552. The molecule has 0 aliphatic carbocycles. The summed E-state index contributed by atoms with van der Waals surface area (Å²) in [5.41, 5.74) is 3.68. The number of benzene rings is 2. The van der Waals surface area contributed by atoms with Crippen LogP contribution in [0.5, 0.6) is 0 Å². The van der Waals surface area contributed by atoms with Gasteiger partial charge < -0.3 is 5.32 Å². The zero-order chi connectivity index (χ0) is 13.1. The molecule has 0 atom stereocenters. The second-order valence-electron chi connectivity index (χ2n) is 4.36. The molecule has 18 heavy (non-hydrogen) atoms. The summed E-state index contributed by atoms with van der Waals surface area (Å²) in [4.78, 5) is 0. The van der Waals surface area contributed by atoms with Gasteiger partial charge in [-0.1, -0.05) is 24.3 Å². The first kappa shape index (κ1) is 12.6.